The van der Waals surface area contributed by atoms with Crippen molar-refractivity contribution in [1.29, 1.82) is 0 Å². The molecule has 1 aromatic rings. The second-order valence-corrected chi connectivity index (χ2v) is 9.09. The predicted octanol–water partition coefficient (Wildman–Crippen LogP) is 3.62. The van der Waals surface area contributed by atoms with Gasteiger partial charge in [-0.2, -0.15) is 4.31 Å². The molecule has 2 atom stereocenters. The lowest BCUT2D eigenvalue weighted by Gasteiger charge is -2.51. The predicted molar refractivity (Wildman–Crippen MR) is 97.7 cm³/mol. The molecule has 0 spiro atoms. The summed E-state index contributed by atoms with van der Waals surface area (Å²) in [5.74, 6) is -0.0208. The van der Waals surface area contributed by atoms with Crippen LogP contribution in [0.4, 0.5) is 0 Å². The quantitative estimate of drug-likeness (QED) is 0.772. The lowest BCUT2D eigenvalue weighted by atomic mass is 9.67. The second kappa shape index (κ2) is 6.56. The number of carbonyl (C=O) groups is 1. The lowest BCUT2D eigenvalue weighted by molar-refractivity contribution is -0.127. The smallest absolute Gasteiger partial charge is 0.243 e. The Kier molecular flexibility index (Phi) is 4.76. The molecule has 0 amide bonds. The minimum absolute atomic E-state index is 0.199. The molecule has 4 nitrogen and oxygen atoms in total. The Labute approximate surface area is 150 Å². The van der Waals surface area contributed by atoms with Crippen LogP contribution in [-0.2, 0) is 14.8 Å². The number of hydrogen-bond acceptors (Lipinski definition) is 3. The molecule has 3 rings (SSSR count). The molecule has 2 fully saturated rings. The van der Waals surface area contributed by atoms with Gasteiger partial charge >= 0.3 is 0 Å². The second-order valence-electron chi connectivity index (χ2n) is 7.22. The maximum absolute atomic E-state index is 13.4. The van der Waals surface area contributed by atoms with E-state index in [4.69, 9.17) is 0 Å². The van der Waals surface area contributed by atoms with E-state index in [0.29, 0.717) is 29.7 Å². The van der Waals surface area contributed by atoms with E-state index in [0.717, 1.165) is 18.4 Å². The molecule has 2 aliphatic rings. The number of nitrogens with zero attached hydrogens (tertiary/aromatic N) is 1. The van der Waals surface area contributed by atoms with Gasteiger partial charge in [-0.3, -0.25) is 4.79 Å². The third-order valence-corrected chi connectivity index (χ3v) is 7.59. The van der Waals surface area contributed by atoms with E-state index in [1.54, 1.807) is 16.4 Å². The summed E-state index contributed by atoms with van der Waals surface area (Å²) in [6.07, 6.45) is 3.24. The first-order chi connectivity index (χ1) is 11.8. The van der Waals surface area contributed by atoms with Crippen molar-refractivity contribution in [1.82, 2.24) is 4.31 Å². The van der Waals surface area contributed by atoms with Crippen LogP contribution in [0.5, 0.6) is 0 Å². The summed E-state index contributed by atoms with van der Waals surface area (Å²) < 4.78 is 28.4. The summed E-state index contributed by atoms with van der Waals surface area (Å²) in [6.45, 7) is 7.92. The highest BCUT2D eigenvalue weighted by Gasteiger charge is 2.53. The van der Waals surface area contributed by atoms with Gasteiger partial charge in [0.05, 0.1) is 4.90 Å². The SMILES string of the molecule is C=C=C1CN(S(=O)(=O)c2ccc(C)cc2)[C@]2(CCC)CCC(=O)[C@H]1C2. The van der Waals surface area contributed by atoms with E-state index < -0.39 is 15.6 Å². The number of carbonyl (C=O) groups excluding carboxylic acids is 1. The van der Waals surface area contributed by atoms with Crippen LogP contribution < -0.4 is 0 Å². The van der Waals surface area contributed by atoms with Gasteiger partial charge in [-0.15, -0.1) is 5.73 Å². The minimum atomic E-state index is -3.64. The summed E-state index contributed by atoms with van der Waals surface area (Å²) in [5, 5.41) is 0. The number of sulfonamides is 1. The zero-order chi connectivity index (χ0) is 18.2. The lowest BCUT2D eigenvalue weighted by Crippen LogP contribution is -2.60. The highest BCUT2D eigenvalue weighted by Crippen LogP contribution is 2.47. The van der Waals surface area contributed by atoms with Gasteiger partial charge in [0.2, 0.25) is 10.0 Å². The van der Waals surface area contributed by atoms with Gasteiger partial charge < -0.3 is 0 Å². The number of benzene rings is 1. The molecule has 1 heterocycles. The Morgan fingerprint density at radius 1 is 1.32 bits per heavy atom. The molecular weight excluding hydrogens is 334 g/mol. The fourth-order valence-corrected chi connectivity index (χ4v) is 6.09. The van der Waals surface area contributed by atoms with Crippen molar-refractivity contribution in [3.8, 4) is 0 Å². The first-order valence-corrected chi connectivity index (χ1v) is 10.3. The molecule has 25 heavy (non-hydrogen) atoms. The van der Waals surface area contributed by atoms with Crippen LogP contribution in [0.15, 0.2) is 47.0 Å². The van der Waals surface area contributed by atoms with Gasteiger partial charge in [-0.1, -0.05) is 37.6 Å². The molecule has 5 heteroatoms. The highest BCUT2D eigenvalue weighted by molar-refractivity contribution is 7.89. The fourth-order valence-electron chi connectivity index (χ4n) is 4.28. The molecule has 0 unspecified atom stereocenters. The topological polar surface area (TPSA) is 54.5 Å². The molecular formula is C20H25NO3S. The average Bonchev–Trinajstić information content (AvgIpc) is 2.59. The Hall–Kier alpha value is -1.68. The number of Topliss-reactive ketones (excluding diaryl/α,β-unsaturated/α-hetero) is 1. The summed E-state index contributed by atoms with van der Waals surface area (Å²) in [6, 6.07) is 6.98. The molecule has 1 aliphatic carbocycles. The van der Waals surface area contributed by atoms with Gasteiger partial charge in [0.15, 0.2) is 0 Å². The van der Waals surface area contributed by atoms with Crippen LogP contribution in [-0.4, -0.2) is 30.6 Å². The van der Waals surface area contributed by atoms with Gasteiger partial charge in [0.25, 0.3) is 0 Å². The number of aryl methyl sites for hydroxylation is 1. The summed E-state index contributed by atoms with van der Waals surface area (Å²) in [7, 11) is -3.64. The van der Waals surface area contributed by atoms with Gasteiger partial charge in [-0.25, -0.2) is 8.42 Å². The van der Waals surface area contributed by atoms with Crippen molar-refractivity contribution in [3.05, 3.63) is 47.7 Å². The van der Waals surface area contributed by atoms with Crippen LogP contribution in [0.3, 0.4) is 0 Å². The molecule has 2 bridgehead atoms. The number of ketones is 1. The Morgan fingerprint density at radius 3 is 2.60 bits per heavy atom. The van der Waals surface area contributed by atoms with Crippen molar-refractivity contribution >= 4 is 15.8 Å². The van der Waals surface area contributed by atoms with E-state index in [9.17, 15) is 13.2 Å². The Balaban J connectivity index is 2.10. The maximum atomic E-state index is 13.4. The van der Waals surface area contributed by atoms with E-state index in [-0.39, 0.29) is 18.2 Å². The standard InChI is InChI=1S/C20H25NO3S/c1-4-11-20-12-10-19(22)18(13-20)16(5-2)14-21(20)25(23,24)17-8-6-15(3)7-9-17/h6-9,18H,2,4,10-14H2,1,3H3/t18-,20+/m0/s1. The summed E-state index contributed by atoms with van der Waals surface area (Å²) >= 11 is 0. The molecule has 134 valence electrons. The van der Waals surface area contributed by atoms with Crippen LogP contribution in [0.1, 0.15) is 44.6 Å². The van der Waals surface area contributed by atoms with Gasteiger partial charge in [-0.05, 0) is 43.9 Å². The molecule has 0 radical (unpaired) electrons. The largest absolute Gasteiger partial charge is 0.299 e. The van der Waals surface area contributed by atoms with E-state index >= 15 is 0 Å². The van der Waals surface area contributed by atoms with E-state index in [1.165, 1.54) is 0 Å². The Bertz CT molecular complexity index is 834. The molecule has 1 saturated carbocycles. The minimum Gasteiger partial charge on any atom is -0.299 e. The number of hydrogen-bond donors (Lipinski definition) is 0. The zero-order valence-electron chi connectivity index (χ0n) is 14.9. The monoisotopic (exact) mass is 359 g/mol. The zero-order valence-corrected chi connectivity index (χ0v) is 15.7. The van der Waals surface area contributed by atoms with Crippen LogP contribution >= 0.6 is 0 Å². The number of rotatable bonds is 4. The molecule has 0 aromatic heterocycles. The molecule has 1 saturated heterocycles. The Morgan fingerprint density at radius 2 is 2.00 bits per heavy atom. The number of fused-ring (bicyclic) bond motifs is 2. The summed E-state index contributed by atoms with van der Waals surface area (Å²) in [5.41, 5.74) is 4.12. The molecule has 0 N–H and O–H groups in total. The number of piperidine rings is 1. The van der Waals surface area contributed by atoms with Crippen molar-refractivity contribution < 1.29 is 13.2 Å². The third kappa shape index (κ3) is 3.01. The maximum Gasteiger partial charge on any atom is 0.243 e. The van der Waals surface area contributed by atoms with Crippen LogP contribution in [0.25, 0.3) is 0 Å². The molecule has 1 aliphatic heterocycles. The fraction of sp³-hybridized carbons (Fsp3) is 0.500. The first-order valence-electron chi connectivity index (χ1n) is 8.85. The van der Waals surface area contributed by atoms with Crippen LogP contribution in [0.2, 0.25) is 0 Å². The van der Waals surface area contributed by atoms with Gasteiger partial charge in [0.1, 0.15) is 5.78 Å². The highest BCUT2D eigenvalue weighted by atomic mass is 32.2. The van der Waals surface area contributed by atoms with Gasteiger partial charge in [0, 0.05) is 24.4 Å². The van der Waals surface area contributed by atoms with Crippen molar-refractivity contribution in [2.75, 3.05) is 6.54 Å². The third-order valence-electron chi connectivity index (χ3n) is 5.62. The van der Waals surface area contributed by atoms with Crippen molar-refractivity contribution in [3.63, 3.8) is 0 Å². The van der Waals surface area contributed by atoms with E-state index in [1.807, 2.05) is 19.1 Å². The van der Waals surface area contributed by atoms with Crippen LogP contribution in [0, 0.1) is 12.8 Å². The van der Waals surface area contributed by atoms with Crippen molar-refractivity contribution in [2.45, 2.75) is 56.4 Å². The normalized spacial score (nSPS) is 27.2. The van der Waals surface area contributed by atoms with E-state index in [2.05, 4.69) is 19.2 Å². The molecule has 1 aromatic carbocycles. The van der Waals surface area contributed by atoms with Crippen molar-refractivity contribution in [2.24, 2.45) is 5.92 Å². The first kappa shape index (κ1) is 18.1. The average molecular weight is 359 g/mol. The summed E-state index contributed by atoms with van der Waals surface area (Å²) in [4.78, 5) is 12.6.